The molecular formula is C45H33N5O. The smallest absolute Gasteiger partial charge is 0.139 e. The van der Waals surface area contributed by atoms with E-state index in [1.165, 1.54) is 22.5 Å². The number of hydrogen-bond acceptors (Lipinski definition) is 4. The third-order valence-corrected chi connectivity index (χ3v) is 9.97. The van der Waals surface area contributed by atoms with Gasteiger partial charge in [-0.1, -0.05) is 72.8 Å². The van der Waals surface area contributed by atoms with Crippen LogP contribution in [0.4, 0.5) is 17.1 Å². The van der Waals surface area contributed by atoms with Gasteiger partial charge in [-0.3, -0.25) is 4.57 Å². The Morgan fingerprint density at radius 2 is 1.31 bits per heavy atom. The molecule has 6 nitrogen and oxygen atoms in total. The predicted octanol–water partition coefficient (Wildman–Crippen LogP) is 11.1. The zero-order chi connectivity index (χ0) is 33.9. The zero-order valence-electron chi connectivity index (χ0n) is 28.0. The maximum Gasteiger partial charge on any atom is 0.139 e. The van der Waals surface area contributed by atoms with Crippen molar-refractivity contribution >= 4 is 49.8 Å². The largest absolute Gasteiger partial charge is 0.457 e. The lowest BCUT2D eigenvalue weighted by Crippen LogP contribution is -2.23. The summed E-state index contributed by atoms with van der Waals surface area (Å²) in [5, 5.41) is 3.39. The van der Waals surface area contributed by atoms with Gasteiger partial charge >= 0.3 is 0 Å². The topological polar surface area (TPSA) is 38.5 Å². The molecular weight excluding hydrogens is 627 g/mol. The summed E-state index contributed by atoms with van der Waals surface area (Å²) >= 11 is 0. The molecule has 0 atom stereocenters. The summed E-state index contributed by atoms with van der Waals surface area (Å²) in [7, 11) is 2.13. The Morgan fingerprint density at radius 1 is 0.549 bits per heavy atom. The van der Waals surface area contributed by atoms with Crippen molar-refractivity contribution in [2.75, 3.05) is 23.5 Å². The molecule has 0 radical (unpaired) electrons. The van der Waals surface area contributed by atoms with Crippen LogP contribution in [0.5, 0.6) is 11.5 Å². The van der Waals surface area contributed by atoms with Crippen molar-refractivity contribution in [2.24, 2.45) is 0 Å². The van der Waals surface area contributed by atoms with E-state index >= 15 is 0 Å². The van der Waals surface area contributed by atoms with E-state index in [4.69, 9.17) is 9.72 Å². The fourth-order valence-corrected chi connectivity index (χ4v) is 7.53. The maximum atomic E-state index is 6.64. The fraction of sp³-hybridized carbons (Fsp3) is 0.0444. The van der Waals surface area contributed by atoms with E-state index in [9.17, 15) is 0 Å². The first-order chi connectivity index (χ1) is 25.2. The number of aromatic nitrogens is 3. The Labute approximate surface area is 295 Å². The lowest BCUT2D eigenvalue weighted by molar-refractivity contribution is 0.483. The number of pyridine rings is 1. The summed E-state index contributed by atoms with van der Waals surface area (Å²) in [6, 6.07) is 55.3. The van der Waals surface area contributed by atoms with Crippen molar-refractivity contribution in [1.82, 2.24) is 14.1 Å². The van der Waals surface area contributed by atoms with Gasteiger partial charge in [0.25, 0.3) is 0 Å². The number of rotatable bonds is 6. The van der Waals surface area contributed by atoms with Gasteiger partial charge in [-0.05, 0) is 77.9 Å². The molecule has 51 heavy (non-hydrogen) atoms. The SMILES string of the molecule is CN1CN(c2cccc(Oc3ccc4c5cc(-c6ccccc6)ccc5n(-c5cc6c(ccn6-c6ccccc6)cn5)c4c3)c2)c2ccccc21. The molecule has 6 aromatic carbocycles. The van der Waals surface area contributed by atoms with E-state index in [2.05, 4.69) is 178 Å². The van der Waals surface area contributed by atoms with E-state index in [1.807, 2.05) is 18.3 Å². The monoisotopic (exact) mass is 659 g/mol. The lowest BCUT2D eigenvalue weighted by atomic mass is 10.0. The Kier molecular flexibility index (Phi) is 6.67. The van der Waals surface area contributed by atoms with E-state index in [-0.39, 0.29) is 0 Å². The summed E-state index contributed by atoms with van der Waals surface area (Å²) in [6.45, 7) is 0.783. The number of ether oxygens (including phenoxy) is 1. The number of anilines is 3. The van der Waals surface area contributed by atoms with E-state index in [0.29, 0.717) is 0 Å². The second kappa shape index (κ2) is 11.7. The Hall–Kier alpha value is -6.79. The Morgan fingerprint density at radius 3 is 2.18 bits per heavy atom. The molecule has 4 heterocycles. The van der Waals surface area contributed by atoms with Gasteiger partial charge in [-0.25, -0.2) is 4.98 Å². The van der Waals surface area contributed by atoms with Gasteiger partial charge in [0.05, 0.1) is 34.6 Å². The quantitative estimate of drug-likeness (QED) is 0.178. The standard InChI is InChI=1S/C45H33N5O/c1-47-30-49(42-18-9-8-17-41(42)47)35-15-10-16-36(26-35)51-37-20-21-38-39-25-32(31-11-4-2-5-12-31)19-22-40(39)50(44(38)27-37)45-28-43-33(29-46-45)23-24-48(43)34-13-6-3-7-14-34/h2-29H,30H2,1H3. The molecule has 0 amide bonds. The number of hydrogen-bond donors (Lipinski definition) is 0. The molecule has 244 valence electrons. The van der Waals surface area contributed by atoms with Crippen LogP contribution in [0.2, 0.25) is 0 Å². The summed E-state index contributed by atoms with van der Waals surface area (Å²) in [6.07, 6.45) is 4.09. The molecule has 0 aliphatic carbocycles. The molecule has 0 spiro atoms. The molecule has 3 aromatic heterocycles. The van der Waals surface area contributed by atoms with Crippen LogP contribution in [0.1, 0.15) is 0 Å². The van der Waals surface area contributed by atoms with E-state index in [1.54, 1.807) is 0 Å². The van der Waals surface area contributed by atoms with Gasteiger partial charge in [-0.15, -0.1) is 0 Å². The highest BCUT2D eigenvalue weighted by Gasteiger charge is 2.24. The minimum atomic E-state index is 0.764. The van der Waals surface area contributed by atoms with Gasteiger partial charge in [0, 0.05) is 65.2 Å². The predicted molar refractivity (Wildman–Crippen MR) is 209 cm³/mol. The molecule has 10 rings (SSSR count). The van der Waals surface area contributed by atoms with Crippen molar-refractivity contribution < 1.29 is 4.74 Å². The molecule has 0 N–H and O–H groups in total. The van der Waals surface area contributed by atoms with Crippen molar-refractivity contribution in [3.8, 4) is 34.1 Å². The molecule has 0 fully saturated rings. The summed E-state index contributed by atoms with van der Waals surface area (Å²) in [5.74, 6) is 2.40. The number of fused-ring (bicyclic) bond motifs is 5. The van der Waals surface area contributed by atoms with E-state index in [0.717, 1.165) is 68.1 Å². The first-order valence-electron chi connectivity index (χ1n) is 17.2. The second-order valence-electron chi connectivity index (χ2n) is 13.1. The second-order valence-corrected chi connectivity index (χ2v) is 13.1. The van der Waals surface area contributed by atoms with Gasteiger partial charge in [0.15, 0.2) is 0 Å². The molecule has 9 aromatic rings. The first-order valence-corrected chi connectivity index (χ1v) is 17.2. The third-order valence-electron chi connectivity index (χ3n) is 9.97. The molecule has 6 heteroatoms. The first kappa shape index (κ1) is 29.2. The van der Waals surface area contributed by atoms with Gasteiger partial charge in [0.1, 0.15) is 17.3 Å². The van der Waals surface area contributed by atoms with Crippen LogP contribution in [0.15, 0.2) is 170 Å². The van der Waals surface area contributed by atoms with Crippen LogP contribution < -0.4 is 14.5 Å². The van der Waals surface area contributed by atoms with Crippen LogP contribution in [0, 0.1) is 0 Å². The molecule has 0 saturated heterocycles. The zero-order valence-corrected chi connectivity index (χ0v) is 28.0. The van der Waals surface area contributed by atoms with Gasteiger partial charge in [0.2, 0.25) is 0 Å². The van der Waals surface area contributed by atoms with Gasteiger partial charge < -0.3 is 19.1 Å². The van der Waals surface area contributed by atoms with E-state index < -0.39 is 0 Å². The highest BCUT2D eigenvalue weighted by Crippen LogP contribution is 2.42. The summed E-state index contributed by atoms with van der Waals surface area (Å²) in [4.78, 5) is 9.62. The average Bonchev–Trinajstić information content (AvgIpc) is 3.86. The minimum Gasteiger partial charge on any atom is -0.457 e. The maximum absolute atomic E-state index is 6.64. The molecule has 0 unspecified atom stereocenters. The van der Waals surface area contributed by atoms with Crippen LogP contribution in [-0.2, 0) is 0 Å². The van der Waals surface area contributed by atoms with Crippen molar-refractivity contribution in [2.45, 2.75) is 0 Å². The number of benzene rings is 6. The summed E-state index contributed by atoms with van der Waals surface area (Å²) < 4.78 is 11.1. The Bertz CT molecular complexity index is 2730. The highest BCUT2D eigenvalue weighted by atomic mass is 16.5. The fourth-order valence-electron chi connectivity index (χ4n) is 7.53. The molecule has 1 aliphatic heterocycles. The van der Waals surface area contributed by atoms with Crippen LogP contribution in [0.25, 0.3) is 55.3 Å². The van der Waals surface area contributed by atoms with Crippen LogP contribution in [-0.4, -0.2) is 27.8 Å². The van der Waals surface area contributed by atoms with Crippen molar-refractivity contribution in [3.63, 3.8) is 0 Å². The van der Waals surface area contributed by atoms with Crippen molar-refractivity contribution in [1.29, 1.82) is 0 Å². The average molecular weight is 660 g/mol. The number of para-hydroxylation sites is 3. The highest BCUT2D eigenvalue weighted by molar-refractivity contribution is 6.11. The molecule has 0 saturated carbocycles. The summed E-state index contributed by atoms with van der Waals surface area (Å²) in [5.41, 5.74) is 10.2. The van der Waals surface area contributed by atoms with Crippen LogP contribution in [0.3, 0.4) is 0 Å². The Balaban J connectivity index is 1.10. The minimum absolute atomic E-state index is 0.764. The molecule has 0 bridgehead atoms. The third kappa shape index (κ3) is 4.91. The lowest BCUT2D eigenvalue weighted by Gasteiger charge is -2.20. The number of nitrogens with zero attached hydrogens (tertiary/aromatic N) is 5. The van der Waals surface area contributed by atoms with Crippen LogP contribution >= 0.6 is 0 Å². The van der Waals surface area contributed by atoms with Crippen molar-refractivity contribution in [3.05, 3.63) is 170 Å². The van der Waals surface area contributed by atoms with Gasteiger partial charge in [-0.2, -0.15) is 0 Å². The normalized spacial score (nSPS) is 12.6. The molecule has 1 aliphatic rings.